The van der Waals surface area contributed by atoms with Crippen LogP contribution < -0.4 is 5.32 Å². The van der Waals surface area contributed by atoms with Gasteiger partial charge in [-0.25, -0.2) is 4.98 Å². The Hall–Kier alpha value is -1.03. The van der Waals surface area contributed by atoms with Gasteiger partial charge >= 0.3 is 0 Å². The highest BCUT2D eigenvalue weighted by Gasteiger charge is 2.22. The molecule has 4 heteroatoms. The van der Waals surface area contributed by atoms with Crippen LogP contribution in [0.1, 0.15) is 50.3 Å². The van der Waals surface area contributed by atoms with E-state index < -0.39 is 0 Å². The van der Waals surface area contributed by atoms with Crippen LogP contribution in [-0.2, 0) is 4.74 Å². The zero-order valence-electron chi connectivity index (χ0n) is 11.2. The van der Waals surface area contributed by atoms with Gasteiger partial charge in [0.2, 0.25) is 5.95 Å². The predicted molar refractivity (Wildman–Crippen MR) is 71.9 cm³/mol. The number of rotatable bonds is 3. The summed E-state index contributed by atoms with van der Waals surface area (Å²) >= 11 is 0. The van der Waals surface area contributed by atoms with E-state index >= 15 is 0 Å². The molecule has 0 radical (unpaired) electrons. The van der Waals surface area contributed by atoms with Gasteiger partial charge in [0.1, 0.15) is 0 Å². The zero-order chi connectivity index (χ0) is 12.4. The van der Waals surface area contributed by atoms with E-state index in [-0.39, 0.29) is 0 Å². The summed E-state index contributed by atoms with van der Waals surface area (Å²) in [5, 5.41) is 3.55. The quantitative estimate of drug-likeness (QED) is 0.895. The molecular formula is C14H23N3O. The van der Waals surface area contributed by atoms with E-state index in [1.807, 2.05) is 0 Å². The molecule has 1 saturated carbocycles. The Bertz CT molecular complexity index is 390. The molecule has 1 atom stereocenters. The smallest absolute Gasteiger partial charge is 0.203 e. The number of imidazole rings is 1. The van der Waals surface area contributed by atoms with Crippen LogP contribution in [0.3, 0.4) is 0 Å². The molecular weight excluding hydrogens is 226 g/mol. The minimum atomic E-state index is 0.439. The summed E-state index contributed by atoms with van der Waals surface area (Å²) in [5.74, 6) is 1.05. The van der Waals surface area contributed by atoms with Gasteiger partial charge in [0.25, 0.3) is 0 Å². The Labute approximate surface area is 109 Å². The summed E-state index contributed by atoms with van der Waals surface area (Å²) in [7, 11) is 0. The van der Waals surface area contributed by atoms with Crippen LogP contribution in [-0.4, -0.2) is 28.8 Å². The molecule has 1 saturated heterocycles. The lowest BCUT2D eigenvalue weighted by molar-refractivity contribution is 0.195. The molecule has 1 aromatic rings. The standard InChI is InChI=1S/C14H23N3O/c1-11-9-17(13-5-3-2-4-6-13)14(15-11)16-12-7-8-18-10-12/h9,12-13H,2-8,10H2,1H3,(H,15,16). The van der Waals surface area contributed by atoms with Crippen molar-refractivity contribution < 1.29 is 4.74 Å². The summed E-state index contributed by atoms with van der Waals surface area (Å²) in [5.41, 5.74) is 1.11. The van der Waals surface area contributed by atoms with E-state index in [2.05, 4.69) is 28.0 Å². The third kappa shape index (κ3) is 2.53. The Balaban J connectivity index is 1.75. The van der Waals surface area contributed by atoms with Crippen LogP contribution in [0.15, 0.2) is 6.20 Å². The van der Waals surface area contributed by atoms with E-state index in [0.717, 1.165) is 31.3 Å². The van der Waals surface area contributed by atoms with Crippen LogP contribution in [0, 0.1) is 6.92 Å². The number of nitrogens with zero attached hydrogens (tertiary/aromatic N) is 2. The molecule has 2 fully saturated rings. The first-order valence-corrected chi connectivity index (χ1v) is 7.22. The van der Waals surface area contributed by atoms with Gasteiger partial charge in [0, 0.05) is 18.8 Å². The van der Waals surface area contributed by atoms with Crippen molar-refractivity contribution >= 4 is 5.95 Å². The van der Waals surface area contributed by atoms with Gasteiger partial charge in [-0.05, 0) is 26.2 Å². The van der Waals surface area contributed by atoms with E-state index in [0.29, 0.717) is 12.1 Å². The molecule has 0 aromatic carbocycles. The number of hydrogen-bond donors (Lipinski definition) is 1. The minimum absolute atomic E-state index is 0.439. The lowest BCUT2D eigenvalue weighted by Crippen LogP contribution is -2.23. The molecule has 4 nitrogen and oxygen atoms in total. The van der Waals surface area contributed by atoms with Crippen LogP contribution in [0.5, 0.6) is 0 Å². The third-order valence-corrected chi connectivity index (χ3v) is 4.08. The molecule has 0 amide bonds. The zero-order valence-corrected chi connectivity index (χ0v) is 11.2. The lowest BCUT2D eigenvalue weighted by Gasteiger charge is -2.25. The Morgan fingerprint density at radius 3 is 2.83 bits per heavy atom. The van der Waals surface area contributed by atoms with Gasteiger partial charge < -0.3 is 14.6 Å². The lowest BCUT2D eigenvalue weighted by atomic mass is 9.95. The fourth-order valence-electron chi connectivity index (χ4n) is 3.09. The van der Waals surface area contributed by atoms with Gasteiger partial charge in [0.05, 0.1) is 18.3 Å². The van der Waals surface area contributed by atoms with Crippen LogP contribution in [0.2, 0.25) is 0 Å². The normalized spacial score (nSPS) is 25.5. The fraction of sp³-hybridized carbons (Fsp3) is 0.786. The molecule has 18 heavy (non-hydrogen) atoms. The molecule has 100 valence electrons. The highest BCUT2D eigenvalue weighted by atomic mass is 16.5. The second-order valence-corrected chi connectivity index (χ2v) is 5.61. The number of anilines is 1. The van der Waals surface area contributed by atoms with Gasteiger partial charge in [-0.1, -0.05) is 19.3 Å². The SMILES string of the molecule is Cc1cn(C2CCCCC2)c(NC2CCOC2)n1. The first-order chi connectivity index (χ1) is 8.83. The summed E-state index contributed by atoms with van der Waals surface area (Å²) < 4.78 is 7.79. The average molecular weight is 249 g/mol. The summed E-state index contributed by atoms with van der Waals surface area (Å²) in [6, 6.07) is 1.08. The number of ether oxygens (including phenoxy) is 1. The van der Waals surface area contributed by atoms with E-state index in [9.17, 15) is 0 Å². The van der Waals surface area contributed by atoms with Crippen LogP contribution >= 0.6 is 0 Å². The topological polar surface area (TPSA) is 39.1 Å². The van der Waals surface area contributed by atoms with Crippen molar-refractivity contribution in [3.05, 3.63) is 11.9 Å². The van der Waals surface area contributed by atoms with Gasteiger partial charge in [-0.15, -0.1) is 0 Å². The maximum atomic E-state index is 5.42. The van der Waals surface area contributed by atoms with Crippen molar-refractivity contribution in [2.75, 3.05) is 18.5 Å². The maximum Gasteiger partial charge on any atom is 0.203 e. The van der Waals surface area contributed by atoms with Crippen molar-refractivity contribution in [1.82, 2.24) is 9.55 Å². The van der Waals surface area contributed by atoms with Gasteiger partial charge in [-0.2, -0.15) is 0 Å². The number of nitrogens with one attached hydrogen (secondary N) is 1. The number of aromatic nitrogens is 2. The second-order valence-electron chi connectivity index (χ2n) is 5.61. The molecule has 1 aromatic heterocycles. The molecule has 1 aliphatic heterocycles. The Morgan fingerprint density at radius 2 is 2.11 bits per heavy atom. The first-order valence-electron chi connectivity index (χ1n) is 7.22. The van der Waals surface area contributed by atoms with E-state index in [1.165, 1.54) is 32.1 Å². The van der Waals surface area contributed by atoms with Crippen LogP contribution in [0.25, 0.3) is 0 Å². The minimum Gasteiger partial charge on any atom is -0.379 e. The van der Waals surface area contributed by atoms with Crippen molar-refractivity contribution in [2.24, 2.45) is 0 Å². The molecule has 1 unspecified atom stereocenters. The molecule has 1 N–H and O–H groups in total. The van der Waals surface area contributed by atoms with Gasteiger partial charge in [-0.3, -0.25) is 0 Å². The summed E-state index contributed by atoms with van der Waals surface area (Å²) in [6.07, 6.45) is 9.99. The summed E-state index contributed by atoms with van der Waals surface area (Å²) in [6.45, 7) is 3.77. The number of aryl methyl sites for hydroxylation is 1. The maximum absolute atomic E-state index is 5.42. The second kappa shape index (κ2) is 5.31. The summed E-state index contributed by atoms with van der Waals surface area (Å²) in [4.78, 5) is 4.65. The number of hydrogen-bond acceptors (Lipinski definition) is 3. The van der Waals surface area contributed by atoms with E-state index in [1.54, 1.807) is 0 Å². The Morgan fingerprint density at radius 1 is 1.28 bits per heavy atom. The molecule has 0 bridgehead atoms. The molecule has 2 aliphatic rings. The molecule has 0 spiro atoms. The van der Waals surface area contributed by atoms with E-state index in [4.69, 9.17) is 4.74 Å². The largest absolute Gasteiger partial charge is 0.379 e. The van der Waals surface area contributed by atoms with Crippen molar-refractivity contribution in [3.63, 3.8) is 0 Å². The first kappa shape index (κ1) is 12.0. The average Bonchev–Trinajstić information content (AvgIpc) is 3.01. The predicted octanol–water partition coefficient (Wildman–Crippen LogP) is 2.90. The highest BCUT2D eigenvalue weighted by molar-refractivity contribution is 5.31. The monoisotopic (exact) mass is 249 g/mol. The van der Waals surface area contributed by atoms with Gasteiger partial charge in [0.15, 0.2) is 0 Å². The third-order valence-electron chi connectivity index (χ3n) is 4.08. The van der Waals surface area contributed by atoms with Crippen LogP contribution in [0.4, 0.5) is 5.95 Å². The Kier molecular flexibility index (Phi) is 3.55. The van der Waals surface area contributed by atoms with Crippen molar-refractivity contribution in [3.8, 4) is 0 Å². The molecule has 2 heterocycles. The van der Waals surface area contributed by atoms with Crippen molar-refractivity contribution in [2.45, 2.75) is 57.5 Å². The molecule has 3 rings (SSSR count). The highest BCUT2D eigenvalue weighted by Crippen LogP contribution is 2.31. The van der Waals surface area contributed by atoms with Crippen molar-refractivity contribution in [1.29, 1.82) is 0 Å². The fourth-order valence-corrected chi connectivity index (χ4v) is 3.09. The molecule has 1 aliphatic carbocycles.